The van der Waals surface area contributed by atoms with Gasteiger partial charge >= 0.3 is 11.8 Å². The lowest BCUT2D eigenvalue weighted by Crippen LogP contribution is -2.49. The molecular formula is C13H16N2O3. The van der Waals surface area contributed by atoms with Crippen molar-refractivity contribution in [2.45, 2.75) is 24.9 Å². The maximum absolute atomic E-state index is 11.5. The normalized spacial score (nSPS) is 16.5. The Hall–Kier alpha value is -1.88. The standard InChI is InChI=1S/C13H16N2O3/c16-11(14-9-13(18)7-4-8-13)12(17)15-10-5-2-1-3-6-10/h1-3,5-6,18H,4,7-9H2,(H,14,16)(H,15,17). The predicted molar refractivity (Wildman–Crippen MR) is 66.9 cm³/mol. The van der Waals surface area contributed by atoms with Crippen LogP contribution in [-0.4, -0.2) is 29.1 Å². The molecule has 0 aromatic heterocycles. The van der Waals surface area contributed by atoms with Crippen molar-refractivity contribution in [2.24, 2.45) is 0 Å². The molecule has 18 heavy (non-hydrogen) atoms. The van der Waals surface area contributed by atoms with Gasteiger partial charge in [0.1, 0.15) is 0 Å². The molecule has 0 aliphatic heterocycles. The summed E-state index contributed by atoms with van der Waals surface area (Å²) in [5, 5.41) is 14.7. The molecule has 0 bridgehead atoms. The fourth-order valence-electron chi connectivity index (χ4n) is 1.80. The number of nitrogens with one attached hydrogen (secondary N) is 2. The largest absolute Gasteiger partial charge is 0.388 e. The molecule has 96 valence electrons. The Labute approximate surface area is 105 Å². The van der Waals surface area contributed by atoms with Crippen molar-refractivity contribution in [3.8, 4) is 0 Å². The number of anilines is 1. The second-order valence-electron chi connectivity index (χ2n) is 4.58. The maximum Gasteiger partial charge on any atom is 0.313 e. The molecule has 5 heteroatoms. The Bertz CT molecular complexity index is 441. The Morgan fingerprint density at radius 3 is 2.39 bits per heavy atom. The second-order valence-corrected chi connectivity index (χ2v) is 4.58. The molecule has 1 aliphatic carbocycles. The topological polar surface area (TPSA) is 78.4 Å². The zero-order chi connectivity index (χ0) is 13.0. The van der Waals surface area contributed by atoms with Gasteiger partial charge in [0.2, 0.25) is 0 Å². The summed E-state index contributed by atoms with van der Waals surface area (Å²) in [6, 6.07) is 8.76. The molecular weight excluding hydrogens is 232 g/mol. The summed E-state index contributed by atoms with van der Waals surface area (Å²) in [7, 11) is 0. The number of aliphatic hydroxyl groups is 1. The highest BCUT2D eigenvalue weighted by molar-refractivity contribution is 6.39. The van der Waals surface area contributed by atoms with E-state index in [4.69, 9.17) is 0 Å². The smallest absolute Gasteiger partial charge is 0.313 e. The van der Waals surface area contributed by atoms with Crippen LogP contribution in [-0.2, 0) is 9.59 Å². The molecule has 2 rings (SSSR count). The third-order valence-electron chi connectivity index (χ3n) is 3.10. The van der Waals surface area contributed by atoms with Gasteiger partial charge in [-0.3, -0.25) is 9.59 Å². The highest BCUT2D eigenvalue weighted by Crippen LogP contribution is 2.30. The van der Waals surface area contributed by atoms with E-state index in [-0.39, 0.29) is 6.54 Å². The van der Waals surface area contributed by atoms with E-state index >= 15 is 0 Å². The maximum atomic E-state index is 11.5. The van der Waals surface area contributed by atoms with E-state index in [0.717, 1.165) is 6.42 Å². The predicted octanol–water partition coefficient (Wildman–Crippen LogP) is 0.656. The fraction of sp³-hybridized carbons (Fsp3) is 0.385. The summed E-state index contributed by atoms with van der Waals surface area (Å²) < 4.78 is 0. The number of para-hydroxylation sites is 1. The second kappa shape index (κ2) is 5.18. The highest BCUT2D eigenvalue weighted by atomic mass is 16.3. The molecule has 0 heterocycles. The molecule has 1 aromatic rings. The van der Waals surface area contributed by atoms with Crippen LogP contribution in [0.3, 0.4) is 0 Å². The van der Waals surface area contributed by atoms with Gasteiger partial charge in [0.15, 0.2) is 0 Å². The van der Waals surface area contributed by atoms with Crippen LogP contribution in [0.5, 0.6) is 0 Å². The van der Waals surface area contributed by atoms with Crippen molar-refractivity contribution < 1.29 is 14.7 Å². The van der Waals surface area contributed by atoms with Crippen LogP contribution in [0.15, 0.2) is 30.3 Å². The summed E-state index contributed by atoms with van der Waals surface area (Å²) in [5.41, 5.74) is -0.247. The number of hydrogen-bond donors (Lipinski definition) is 3. The van der Waals surface area contributed by atoms with Crippen molar-refractivity contribution in [1.82, 2.24) is 5.32 Å². The number of hydrogen-bond acceptors (Lipinski definition) is 3. The van der Waals surface area contributed by atoms with Gasteiger partial charge in [0.05, 0.1) is 5.60 Å². The third kappa shape index (κ3) is 3.07. The first-order chi connectivity index (χ1) is 8.59. The molecule has 0 atom stereocenters. The lowest BCUT2D eigenvalue weighted by molar-refractivity contribution is -0.137. The quantitative estimate of drug-likeness (QED) is 0.687. The van der Waals surface area contributed by atoms with Gasteiger partial charge in [-0.2, -0.15) is 0 Å². The number of amides is 2. The minimum Gasteiger partial charge on any atom is -0.388 e. The van der Waals surface area contributed by atoms with Gasteiger partial charge in [0.25, 0.3) is 0 Å². The number of rotatable bonds is 3. The number of carbonyl (C=O) groups excluding carboxylic acids is 2. The van der Waals surface area contributed by atoms with Crippen molar-refractivity contribution in [3.63, 3.8) is 0 Å². The van der Waals surface area contributed by atoms with Gasteiger partial charge in [-0.1, -0.05) is 18.2 Å². The average molecular weight is 248 g/mol. The van der Waals surface area contributed by atoms with Crippen molar-refractivity contribution in [2.75, 3.05) is 11.9 Å². The van der Waals surface area contributed by atoms with Crippen molar-refractivity contribution in [1.29, 1.82) is 0 Å². The Kier molecular flexibility index (Phi) is 3.62. The van der Waals surface area contributed by atoms with E-state index in [1.807, 2.05) is 6.07 Å². The van der Waals surface area contributed by atoms with E-state index < -0.39 is 17.4 Å². The molecule has 1 aliphatic rings. The average Bonchev–Trinajstić information content (AvgIpc) is 2.34. The Morgan fingerprint density at radius 1 is 1.17 bits per heavy atom. The lowest BCUT2D eigenvalue weighted by atomic mass is 9.80. The lowest BCUT2D eigenvalue weighted by Gasteiger charge is -2.36. The minimum absolute atomic E-state index is 0.133. The molecule has 0 radical (unpaired) electrons. The van der Waals surface area contributed by atoms with Gasteiger partial charge in [-0.15, -0.1) is 0 Å². The molecule has 1 saturated carbocycles. The third-order valence-corrected chi connectivity index (χ3v) is 3.10. The zero-order valence-electron chi connectivity index (χ0n) is 9.98. The molecule has 0 spiro atoms. The zero-order valence-corrected chi connectivity index (χ0v) is 9.98. The molecule has 3 N–H and O–H groups in total. The number of carbonyl (C=O) groups is 2. The summed E-state index contributed by atoms with van der Waals surface area (Å²) in [6.07, 6.45) is 2.31. The van der Waals surface area contributed by atoms with Crippen molar-refractivity contribution in [3.05, 3.63) is 30.3 Å². The summed E-state index contributed by atoms with van der Waals surface area (Å²) in [5.74, 6) is -1.44. The summed E-state index contributed by atoms with van der Waals surface area (Å²) in [6.45, 7) is 0.133. The molecule has 0 saturated heterocycles. The van der Waals surface area contributed by atoms with Crippen LogP contribution in [0.4, 0.5) is 5.69 Å². The van der Waals surface area contributed by atoms with Crippen LogP contribution in [0.1, 0.15) is 19.3 Å². The van der Waals surface area contributed by atoms with Gasteiger partial charge in [-0.05, 0) is 31.4 Å². The van der Waals surface area contributed by atoms with Crippen LogP contribution in [0, 0.1) is 0 Å². The summed E-state index contributed by atoms with van der Waals surface area (Å²) in [4.78, 5) is 23.0. The van der Waals surface area contributed by atoms with Crippen LogP contribution in [0.2, 0.25) is 0 Å². The first-order valence-electron chi connectivity index (χ1n) is 5.96. The van der Waals surface area contributed by atoms with Crippen LogP contribution < -0.4 is 10.6 Å². The number of benzene rings is 1. The van der Waals surface area contributed by atoms with E-state index in [1.165, 1.54) is 0 Å². The SMILES string of the molecule is O=C(NCC1(O)CCC1)C(=O)Nc1ccccc1. The van der Waals surface area contributed by atoms with E-state index in [9.17, 15) is 14.7 Å². The molecule has 1 fully saturated rings. The van der Waals surface area contributed by atoms with Gasteiger partial charge in [-0.25, -0.2) is 0 Å². The molecule has 0 unspecified atom stereocenters. The van der Waals surface area contributed by atoms with Gasteiger partial charge < -0.3 is 15.7 Å². The van der Waals surface area contributed by atoms with E-state index in [2.05, 4.69) is 10.6 Å². The van der Waals surface area contributed by atoms with Crippen molar-refractivity contribution >= 4 is 17.5 Å². The Balaban J connectivity index is 1.80. The first kappa shape index (κ1) is 12.6. The van der Waals surface area contributed by atoms with Crippen LogP contribution in [0.25, 0.3) is 0 Å². The molecule has 2 amide bonds. The first-order valence-corrected chi connectivity index (χ1v) is 5.96. The van der Waals surface area contributed by atoms with Crippen LogP contribution >= 0.6 is 0 Å². The molecule has 5 nitrogen and oxygen atoms in total. The van der Waals surface area contributed by atoms with E-state index in [1.54, 1.807) is 24.3 Å². The molecule has 1 aromatic carbocycles. The monoisotopic (exact) mass is 248 g/mol. The van der Waals surface area contributed by atoms with Gasteiger partial charge in [0, 0.05) is 12.2 Å². The summed E-state index contributed by atoms with van der Waals surface area (Å²) >= 11 is 0. The fourth-order valence-corrected chi connectivity index (χ4v) is 1.80. The van der Waals surface area contributed by atoms with E-state index in [0.29, 0.717) is 18.5 Å². The highest BCUT2D eigenvalue weighted by Gasteiger charge is 2.35. The minimum atomic E-state index is -0.817. The Morgan fingerprint density at radius 2 is 1.83 bits per heavy atom.